The molecule has 1 aromatic heterocycles. The Hall–Kier alpha value is -3.09. The molecular formula is C19H23N3O4. The molecule has 1 atom stereocenters. The first-order valence-corrected chi connectivity index (χ1v) is 8.23. The van der Waals surface area contributed by atoms with Crippen LogP contribution in [0.2, 0.25) is 0 Å². The molecule has 2 amide bonds. The third-order valence-corrected chi connectivity index (χ3v) is 3.70. The van der Waals surface area contributed by atoms with Gasteiger partial charge in [-0.2, -0.15) is 0 Å². The zero-order chi connectivity index (χ0) is 18.9. The van der Waals surface area contributed by atoms with Crippen LogP contribution in [-0.4, -0.2) is 31.0 Å². The molecule has 7 nitrogen and oxygen atoms in total. The number of methoxy groups -OCH3 is 2. The standard InChI is InChI=1S/C19H23N3O4/c1-13(9-18(23)21-14-5-4-8-20-12-14)10-19(24)22-16-7-6-15(25-2)11-17(16)26-3/h4-8,11-13H,9-10H2,1-3H3,(H,21,23)(H,22,24)/t13-/m1/s1. The maximum absolute atomic E-state index is 12.2. The van der Waals surface area contributed by atoms with Crippen molar-refractivity contribution in [2.75, 3.05) is 24.9 Å². The van der Waals surface area contributed by atoms with E-state index in [0.717, 1.165) is 0 Å². The SMILES string of the molecule is COc1ccc(NC(=O)C[C@H](C)CC(=O)Nc2cccnc2)c(OC)c1. The summed E-state index contributed by atoms with van der Waals surface area (Å²) in [5.41, 5.74) is 1.20. The van der Waals surface area contributed by atoms with Crippen LogP contribution < -0.4 is 20.1 Å². The molecule has 1 heterocycles. The number of aromatic nitrogens is 1. The number of hydrogen-bond donors (Lipinski definition) is 2. The largest absolute Gasteiger partial charge is 0.497 e. The van der Waals surface area contributed by atoms with Crippen LogP contribution in [0.5, 0.6) is 11.5 Å². The topological polar surface area (TPSA) is 89.5 Å². The molecule has 0 bridgehead atoms. The molecule has 26 heavy (non-hydrogen) atoms. The number of rotatable bonds is 8. The van der Waals surface area contributed by atoms with E-state index < -0.39 is 0 Å². The summed E-state index contributed by atoms with van der Waals surface area (Å²) in [5.74, 6) is 0.700. The number of amides is 2. The number of anilines is 2. The second-order valence-corrected chi connectivity index (χ2v) is 5.92. The lowest BCUT2D eigenvalue weighted by Crippen LogP contribution is -2.20. The van der Waals surface area contributed by atoms with Gasteiger partial charge in [0.1, 0.15) is 11.5 Å². The van der Waals surface area contributed by atoms with Gasteiger partial charge in [0.25, 0.3) is 0 Å². The Morgan fingerprint density at radius 3 is 2.42 bits per heavy atom. The molecule has 2 rings (SSSR count). The molecule has 7 heteroatoms. The monoisotopic (exact) mass is 357 g/mol. The summed E-state index contributed by atoms with van der Waals surface area (Å²) in [6.45, 7) is 1.85. The summed E-state index contributed by atoms with van der Waals surface area (Å²) in [6, 6.07) is 8.66. The highest BCUT2D eigenvalue weighted by Crippen LogP contribution is 2.29. The molecule has 0 aliphatic carbocycles. The molecule has 0 spiro atoms. The summed E-state index contributed by atoms with van der Waals surface area (Å²) in [5, 5.41) is 5.57. The van der Waals surface area contributed by atoms with Crippen molar-refractivity contribution in [2.24, 2.45) is 5.92 Å². The summed E-state index contributed by atoms with van der Waals surface area (Å²) >= 11 is 0. The highest BCUT2D eigenvalue weighted by molar-refractivity contribution is 5.94. The molecule has 0 radical (unpaired) electrons. The molecule has 0 saturated heterocycles. The smallest absolute Gasteiger partial charge is 0.224 e. The van der Waals surface area contributed by atoms with Crippen LogP contribution in [0.4, 0.5) is 11.4 Å². The minimum Gasteiger partial charge on any atom is -0.497 e. The van der Waals surface area contributed by atoms with Crippen molar-refractivity contribution in [3.05, 3.63) is 42.7 Å². The first-order valence-electron chi connectivity index (χ1n) is 8.23. The van der Waals surface area contributed by atoms with Gasteiger partial charge in [0.2, 0.25) is 11.8 Å². The molecular weight excluding hydrogens is 334 g/mol. The predicted molar refractivity (Wildman–Crippen MR) is 99.4 cm³/mol. The minimum atomic E-state index is -0.185. The van der Waals surface area contributed by atoms with Crippen LogP contribution in [0.3, 0.4) is 0 Å². The molecule has 0 aliphatic rings. The fourth-order valence-corrected chi connectivity index (χ4v) is 2.46. The van der Waals surface area contributed by atoms with Crippen molar-refractivity contribution in [2.45, 2.75) is 19.8 Å². The Morgan fingerprint density at radius 1 is 1.08 bits per heavy atom. The second-order valence-electron chi connectivity index (χ2n) is 5.92. The summed E-state index contributed by atoms with van der Waals surface area (Å²) in [6.07, 6.45) is 3.67. The number of hydrogen-bond acceptors (Lipinski definition) is 5. The molecule has 2 N–H and O–H groups in total. The van der Waals surface area contributed by atoms with E-state index in [1.165, 1.54) is 7.11 Å². The van der Waals surface area contributed by atoms with E-state index in [1.54, 1.807) is 49.8 Å². The van der Waals surface area contributed by atoms with Crippen molar-refractivity contribution in [1.29, 1.82) is 0 Å². The van der Waals surface area contributed by atoms with Crippen molar-refractivity contribution < 1.29 is 19.1 Å². The van der Waals surface area contributed by atoms with E-state index in [2.05, 4.69) is 15.6 Å². The first kappa shape index (κ1) is 19.2. The quantitative estimate of drug-likeness (QED) is 0.758. The van der Waals surface area contributed by atoms with Crippen molar-refractivity contribution in [3.8, 4) is 11.5 Å². The summed E-state index contributed by atoms with van der Waals surface area (Å²) in [4.78, 5) is 28.2. The average molecular weight is 357 g/mol. The number of ether oxygens (including phenoxy) is 2. The molecule has 2 aromatic rings. The van der Waals surface area contributed by atoms with Gasteiger partial charge in [-0.15, -0.1) is 0 Å². The molecule has 0 saturated carbocycles. The van der Waals surface area contributed by atoms with Crippen molar-refractivity contribution in [1.82, 2.24) is 4.98 Å². The number of carbonyl (C=O) groups excluding carboxylic acids is 2. The van der Waals surface area contributed by atoms with E-state index in [1.807, 2.05) is 6.92 Å². The Morgan fingerprint density at radius 2 is 1.81 bits per heavy atom. The van der Waals surface area contributed by atoms with Gasteiger partial charge in [-0.05, 0) is 30.2 Å². The van der Waals surface area contributed by atoms with Gasteiger partial charge in [-0.25, -0.2) is 0 Å². The molecule has 138 valence electrons. The predicted octanol–water partition coefficient (Wildman–Crippen LogP) is 3.09. The Kier molecular flexibility index (Phi) is 6.96. The van der Waals surface area contributed by atoms with Crippen molar-refractivity contribution in [3.63, 3.8) is 0 Å². The van der Waals surface area contributed by atoms with Crippen LogP contribution in [0.15, 0.2) is 42.7 Å². The fourth-order valence-electron chi connectivity index (χ4n) is 2.46. The summed E-state index contributed by atoms with van der Waals surface area (Å²) in [7, 11) is 3.08. The maximum atomic E-state index is 12.2. The van der Waals surface area contributed by atoms with E-state index in [-0.39, 0.29) is 30.6 Å². The second kappa shape index (κ2) is 9.41. The lowest BCUT2D eigenvalue weighted by Gasteiger charge is -2.14. The van der Waals surface area contributed by atoms with Gasteiger partial charge in [-0.3, -0.25) is 14.6 Å². The Bertz CT molecular complexity index is 750. The van der Waals surface area contributed by atoms with Crippen LogP contribution in [0.25, 0.3) is 0 Å². The molecule has 1 aromatic carbocycles. The average Bonchev–Trinajstić information content (AvgIpc) is 2.62. The molecule has 0 unspecified atom stereocenters. The minimum absolute atomic E-state index is 0.115. The van der Waals surface area contributed by atoms with Crippen LogP contribution >= 0.6 is 0 Å². The zero-order valence-corrected chi connectivity index (χ0v) is 15.1. The fraction of sp³-hybridized carbons (Fsp3) is 0.316. The van der Waals surface area contributed by atoms with Crippen LogP contribution in [0.1, 0.15) is 19.8 Å². The van der Waals surface area contributed by atoms with Gasteiger partial charge >= 0.3 is 0 Å². The van der Waals surface area contributed by atoms with Crippen LogP contribution in [-0.2, 0) is 9.59 Å². The van der Waals surface area contributed by atoms with Crippen molar-refractivity contribution >= 4 is 23.2 Å². The van der Waals surface area contributed by atoms with Crippen LogP contribution in [0, 0.1) is 5.92 Å². The van der Waals surface area contributed by atoms with Gasteiger partial charge in [0.05, 0.1) is 31.8 Å². The number of nitrogens with zero attached hydrogens (tertiary/aromatic N) is 1. The maximum Gasteiger partial charge on any atom is 0.224 e. The molecule has 0 aliphatic heterocycles. The van der Waals surface area contributed by atoms with Gasteiger partial charge in [-0.1, -0.05) is 6.92 Å². The molecule has 0 fully saturated rings. The van der Waals surface area contributed by atoms with Gasteiger partial charge < -0.3 is 20.1 Å². The number of benzene rings is 1. The van der Waals surface area contributed by atoms with Gasteiger partial charge in [0, 0.05) is 25.1 Å². The Balaban J connectivity index is 1.86. The lowest BCUT2D eigenvalue weighted by molar-refractivity contribution is -0.118. The highest BCUT2D eigenvalue weighted by Gasteiger charge is 2.15. The lowest BCUT2D eigenvalue weighted by atomic mass is 10.0. The zero-order valence-electron chi connectivity index (χ0n) is 15.1. The van der Waals surface area contributed by atoms with E-state index in [0.29, 0.717) is 22.9 Å². The summed E-state index contributed by atoms with van der Waals surface area (Å²) < 4.78 is 10.4. The first-order chi connectivity index (χ1) is 12.5. The normalized spacial score (nSPS) is 11.3. The van der Waals surface area contributed by atoms with E-state index >= 15 is 0 Å². The number of nitrogens with one attached hydrogen (secondary N) is 2. The highest BCUT2D eigenvalue weighted by atomic mass is 16.5. The third-order valence-electron chi connectivity index (χ3n) is 3.70. The van der Waals surface area contributed by atoms with E-state index in [9.17, 15) is 9.59 Å². The van der Waals surface area contributed by atoms with E-state index in [4.69, 9.17) is 9.47 Å². The Labute approximate surface area is 152 Å². The number of pyridine rings is 1. The third kappa shape index (κ3) is 5.77. The van der Waals surface area contributed by atoms with Gasteiger partial charge in [0.15, 0.2) is 0 Å². The number of carbonyl (C=O) groups is 2.